The van der Waals surface area contributed by atoms with E-state index in [4.69, 9.17) is 0 Å². The van der Waals surface area contributed by atoms with Crippen molar-refractivity contribution in [2.75, 3.05) is 0 Å². The van der Waals surface area contributed by atoms with Gasteiger partial charge in [-0.2, -0.15) is 5.10 Å². The molecule has 0 spiro atoms. The summed E-state index contributed by atoms with van der Waals surface area (Å²) < 4.78 is 1.87. The predicted octanol–water partition coefficient (Wildman–Crippen LogP) is 3.44. The molecule has 1 radical (unpaired) electrons. The molecular weight excluding hydrogens is 248 g/mol. The number of aromatic amines is 1. The quantitative estimate of drug-likeness (QED) is 0.771. The summed E-state index contributed by atoms with van der Waals surface area (Å²) >= 11 is 0. The molecule has 1 N–H and O–H groups in total. The van der Waals surface area contributed by atoms with E-state index >= 15 is 0 Å². The van der Waals surface area contributed by atoms with Gasteiger partial charge in [0.05, 0.1) is 11.4 Å². The van der Waals surface area contributed by atoms with Gasteiger partial charge in [0.15, 0.2) is 0 Å². The van der Waals surface area contributed by atoms with Crippen molar-refractivity contribution < 1.29 is 0 Å². The molecule has 0 saturated heterocycles. The molecule has 3 heterocycles. The molecule has 101 valence electrons. The maximum Gasteiger partial charge on any atom is 0.137 e. The number of nitrogens with zero attached hydrogens (tertiary/aromatic N) is 3. The molecule has 4 heteroatoms. The minimum atomic E-state index is 0.655. The van der Waals surface area contributed by atoms with Crippen molar-refractivity contribution in [2.45, 2.75) is 25.2 Å². The standard InChI is InChI=1S/C16H17N4/c1-20-15(6-7-18-20)14-9-12-8-13(10-17-16(12)19-14)11-4-2-3-5-11/h2,6-11H,3-5H2,1H3,(H,17,19)/t11-/m0/s1. The number of aromatic nitrogens is 4. The summed E-state index contributed by atoms with van der Waals surface area (Å²) in [7, 11) is 1.95. The molecule has 1 saturated carbocycles. The zero-order valence-corrected chi connectivity index (χ0v) is 11.5. The van der Waals surface area contributed by atoms with Gasteiger partial charge in [-0.15, -0.1) is 0 Å². The van der Waals surface area contributed by atoms with E-state index in [2.05, 4.69) is 33.6 Å². The first-order valence-corrected chi connectivity index (χ1v) is 7.10. The van der Waals surface area contributed by atoms with Crippen LogP contribution < -0.4 is 0 Å². The first kappa shape index (κ1) is 11.7. The SMILES string of the molecule is Cn1nccc1-c1cc2cc([C@H]3C[CH]CC3)cnc2[nH]1. The smallest absolute Gasteiger partial charge is 0.137 e. The Bertz CT molecular complexity index is 747. The summed E-state index contributed by atoms with van der Waals surface area (Å²) in [5, 5.41) is 5.40. The van der Waals surface area contributed by atoms with Gasteiger partial charge < -0.3 is 4.98 Å². The molecule has 0 bridgehead atoms. The van der Waals surface area contributed by atoms with Crippen molar-refractivity contribution in [3.63, 3.8) is 0 Å². The summed E-state index contributed by atoms with van der Waals surface area (Å²) in [5.74, 6) is 0.655. The van der Waals surface area contributed by atoms with Crippen LogP contribution in [0.15, 0.2) is 30.6 Å². The number of H-pyrrole nitrogens is 1. The normalized spacial score (nSPS) is 16.2. The molecule has 0 aromatic carbocycles. The van der Waals surface area contributed by atoms with Crippen LogP contribution in [-0.4, -0.2) is 19.7 Å². The minimum Gasteiger partial charge on any atom is -0.338 e. The lowest BCUT2D eigenvalue weighted by atomic mass is 9.99. The molecule has 1 atom stereocenters. The highest BCUT2D eigenvalue weighted by molar-refractivity contribution is 5.82. The van der Waals surface area contributed by atoms with E-state index < -0.39 is 0 Å². The van der Waals surface area contributed by atoms with E-state index in [9.17, 15) is 0 Å². The highest BCUT2D eigenvalue weighted by Crippen LogP contribution is 2.34. The predicted molar refractivity (Wildman–Crippen MR) is 79.2 cm³/mol. The Hall–Kier alpha value is -2.10. The third-order valence-electron chi connectivity index (χ3n) is 4.23. The average molecular weight is 265 g/mol. The van der Waals surface area contributed by atoms with Gasteiger partial charge in [0, 0.05) is 24.8 Å². The molecule has 0 unspecified atom stereocenters. The van der Waals surface area contributed by atoms with Crippen LogP contribution in [0.5, 0.6) is 0 Å². The molecule has 0 amide bonds. The highest BCUT2D eigenvalue weighted by atomic mass is 15.3. The zero-order valence-electron chi connectivity index (χ0n) is 11.5. The Morgan fingerprint density at radius 1 is 1.35 bits per heavy atom. The highest BCUT2D eigenvalue weighted by Gasteiger charge is 2.18. The molecular formula is C16H17N4. The average Bonchev–Trinajstić information content (AvgIpc) is 3.17. The third kappa shape index (κ3) is 1.83. The molecule has 3 aromatic rings. The number of hydrogen-bond donors (Lipinski definition) is 1. The van der Waals surface area contributed by atoms with Gasteiger partial charge in [0.1, 0.15) is 5.65 Å². The van der Waals surface area contributed by atoms with Crippen molar-refractivity contribution in [1.29, 1.82) is 0 Å². The molecule has 0 aliphatic heterocycles. The lowest BCUT2D eigenvalue weighted by Crippen LogP contribution is -1.93. The van der Waals surface area contributed by atoms with E-state index in [1.165, 1.54) is 30.2 Å². The van der Waals surface area contributed by atoms with E-state index in [1.54, 1.807) is 0 Å². The van der Waals surface area contributed by atoms with Crippen LogP contribution in [0, 0.1) is 6.42 Å². The maximum absolute atomic E-state index is 4.59. The van der Waals surface area contributed by atoms with Crippen LogP contribution in [0.25, 0.3) is 22.4 Å². The number of rotatable bonds is 2. The van der Waals surface area contributed by atoms with Gasteiger partial charge >= 0.3 is 0 Å². The van der Waals surface area contributed by atoms with Gasteiger partial charge in [-0.1, -0.05) is 0 Å². The summed E-state index contributed by atoms with van der Waals surface area (Å²) in [6.07, 6.45) is 9.89. The minimum absolute atomic E-state index is 0.655. The topological polar surface area (TPSA) is 46.5 Å². The Balaban J connectivity index is 1.77. The largest absolute Gasteiger partial charge is 0.338 e. The number of aryl methyl sites for hydroxylation is 1. The Labute approximate surface area is 117 Å². The fourth-order valence-corrected chi connectivity index (χ4v) is 3.09. The Morgan fingerprint density at radius 2 is 2.30 bits per heavy atom. The fraction of sp³-hybridized carbons (Fsp3) is 0.312. The Kier molecular flexibility index (Phi) is 2.62. The van der Waals surface area contributed by atoms with Crippen molar-refractivity contribution in [2.24, 2.45) is 7.05 Å². The molecule has 4 rings (SSSR count). The maximum atomic E-state index is 4.59. The first-order chi connectivity index (χ1) is 9.81. The van der Waals surface area contributed by atoms with Gasteiger partial charge in [0.25, 0.3) is 0 Å². The molecule has 3 aromatic heterocycles. The lowest BCUT2D eigenvalue weighted by molar-refractivity contribution is 0.728. The lowest BCUT2D eigenvalue weighted by Gasteiger charge is -2.07. The van der Waals surface area contributed by atoms with Crippen LogP contribution in [0.3, 0.4) is 0 Å². The molecule has 20 heavy (non-hydrogen) atoms. The van der Waals surface area contributed by atoms with E-state index in [1.807, 2.05) is 30.2 Å². The van der Waals surface area contributed by atoms with Crippen molar-refractivity contribution >= 4 is 11.0 Å². The molecule has 4 nitrogen and oxygen atoms in total. The summed E-state index contributed by atoms with van der Waals surface area (Å²) in [6, 6.07) is 6.46. The second-order valence-electron chi connectivity index (χ2n) is 5.53. The summed E-state index contributed by atoms with van der Waals surface area (Å²) in [6.45, 7) is 0. The van der Waals surface area contributed by atoms with Gasteiger partial charge in [-0.3, -0.25) is 4.68 Å². The molecule has 1 aliphatic rings. The van der Waals surface area contributed by atoms with Gasteiger partial charge in [0.2, 0.25) is 0 Å². The van der Waals surface area contributed by atoms with Crippen LogP contribution in [0.1, 0.15) is 30.7 Å². The molecule has 1 fully saturated rings. The van der Waals surface area contributed by atoms with Crippen molar-refractivity contribution in [3.8, 4) is 11.4 Å². The summed E-state index contributed by atoms with van der Waals surface area (Å²) in [5.41, 5.74) is 4.47. The van der Waals surface area contributed by atoms with E-state index in [0.717, 1.165) is 17.0 Å². The number of pyridine rings is 1. The van der Waals surface area contributed by atoms with Crippen molar-refractivity contribution in [1.82, 2.24) is 19.7 Å². The second-order valence-corrected chi connectivity index (χ2v) is 5.53. The monoisotopic (exact) mass is 265 g/mol. The first-order valence-electron chi connectivity index (χ1n) is 7.10. The van der Waals surface area contributed by atoms with Crippen LogP contribution >= 0.6 is 0 Å². The number of nitrogens with one attached hydrogen (secondary N) is 1. The molecule has 1 aliphatic carbocycles. The number of hydrogen-bond acceptors (Lipinski definition) is 2. The van der Waals surface area contributed by atoms with Crippen LogP contribution in [-0.2, 0) is 7.05 Å². The van der Waals surface area contributed by atoms with E-state index in [-0.39, 0.29) is 0 Å². The van der Waals surface area contributed by atoms with Crippen LogP contribution in [0.2, 0.25) is 0 Å². The van der Waals surface area contributed by atoms with Crippen LogP contribution in [0.4, 0.5) is 0 Å². The Morgan fingerprint density at radius 3 is 3.05 bits per heavy atom. The van der Waals surface area contributed by atoms with E-state index in [0.29, 0.717) is 5.92 Å². The zero-order chi connectivity index (χ0) is 13.5. The third-order valence-corrected chi connectivity index (χ3v) is 4.23. The number of fused-ring (bicyclic) bond motifs is 1. The van der Waals surface area contributed by atoms with Crippen molar-refractivity contribution in [3.05, 3.63) is 42.6 Å². The van der Waals surface area contributed by atoms with Gasteiger partial charge in [-0.05, 0) is 55.4 Å². The fourth-order valence-electron chi connectivity index (χ4n) is 3.09. The summed E-state index contributed by atoms with van der Waals surface area (Å²) in [4.78, 5) is 7.96. The van der Waals surface area contributed by atoms with Gasteiger partial charge in [-0.25, -0.2) is 4.98 Å². The second kappa shape index (κ2) is 4.47.